The molecule has 0 saturated carbocycles. The van der Waals surface area contributed by atoms with Crippen molar-refractivity contribution in [2.45, 2.75) is 32.4 Å². The summed E-state index contributed by atoms with van der Waals surface area (Å²) in [5.41, 5.74) is 3.85. The molecular weight excluding hydrogens is 382 g/mol. The van der Waals surface area contributed by atoms with Crippen molar-refractivity contribution >= 4 is 5.91 Å². The molecule has 31 heavy (non-hydrogen) atoms. The minimum absolute atomic E-state index is 0.181. The lowest BCUT2D eigenvalue weighted by molar-refractivity contribution is 0.0588. The van der Waals surface area contributed by atoms with Crippen LogP contribution in [0, 0.1) is 5.41 Å². The van der Waals surface area contributed by atoms with Crippen LogP contribution in [0.5, 0.6) is 0 Å². The topological polar surface area (TPSA) is 28.5 Å². The molecule has 4 heteroatoms. The second-order valence-corrected chi connectivity index (χ2v) is 9.30. The first kappa shape index (κ1) is 20.1. The number of hydrogen-bond donors (Lipinski definition) is 0. The number of hydrogen-bond acceptors (Lipinski definition) is 2. The fourth-order valence-corrected chi connectivity index (χ4v) is 5.24. The Kier molecular flexibility index (Phi) is 5.65. The second kappa shape index (κ2) is 8.72. The Labute approximate surface area is 185 Å². The fourth-order valence-electron chi connectivity index (χ4n) is 5.24. The molecule has 5 rings (SSSR count). The fraction of sp³-hybridized carbons (Fsp3) is 0.370. The van der Waals surface area contributed by atoms with Crippen LogP contribution in [0.3, 0.4) is 0 Å². The van der Waals surface area contributed by atoms with E-state index in [1.54, 1.807) is 0 Å². The molecule has 2 aromatic carbocycles. The van der Waals surface area contributed by atoms with Crippen LogP contribution in [0.15, 0.2) is 79.1 Å². The Morgan fingerprint density at radius 1 is 0.774 bits per heavy atom. The van der Waals surface area contributed by atoms with E-state index >= 15 is 0 Å². The highest BCUT2D eigenvalue weighted by Gasteiger charge is 2.41. The lowest BCUT2D eigenvalue weighted by Crippen LogP contribution is -2.44. The van der Waals surface area contributed by atoms with Gasteiger partial charge in [-0.05, 0) is 48.4 Å². The largest absolute Gasteiger partial charge is 0.349 e. The molecule has 2 fully saturated rings. The predicted molar refractivity (Wildman–Crippen MR) is 124 cm³/mol. The summed E-state index contributed by atoms with van der Waals surface area (Å²) in [6, 6.07) is 23.1. The number of aromatic nitrogens is 1. The Balaban J connectivity index is 1.15. The average molecular weight is 414 g/mol. The molecule has 1 aromatic heterocycles. The van der Waals surface area contributed by atoms with Crippen LogP contribution < -0.4 is 0 Å². The number of piperidine rings is 1. The number of rotatable bonds is 5. The third-order valence-corrected chi connectivity index (χ3v) is 7.08. The van der Waals surface area contributed by atoms with Crippen LogP contribution in [0.1, 0.15) is 40.7 Å². The Bertz CT molecular complexity index is 1000. The van der Waals surface area contributed by atoms with Crippen molar-refractivity contribution in [3.05, 3.63) is 95.8 Å². The third-order valence-electron chi connectivity index (χ3n) is 7.08. The first-order valence-corrected chi connectivity index (χ1v) is 11.4. The minimum Gasteiger partial charge on any atom is -0.349 e. The second-order valence-electron chi connectivity index (χ2n) is 9.30. The third kappa shape index (κ3) is 4.59. The summed E-state index contributed by atoms with van der Waals surface area (Å²) in [7, 11) is 0. The number of carbonyl (C=O) groups is 1. The molecular formula is C27H31N3O. The van der Waals surface area contributed by atoms with E-state index in [4.69, 9.17) is 0 Å². The van der Waals surface area contributed by atoms with Crippen molar-refractivity contribution in [3.8, 4) is 0 Å². The molecule has 0 N–H and O–H groups in total. The first-order chi connectivity index (χ1) is 15.2. The van der Waals surface area contributed by atoms with Crippen LogP contribution >= 0.6 is 0 Å². The summed E-state index contributed by atoms with van der Waals surface area (Å²) in [4.78, 5) is 17.7. The molecule has 2 aliphatic rings. The summed E-state index contributed by atoms with van der Waals surface area (Å²) >= 11 is 0. The van der Waals surface area contributed by atoms with Gasteiger partial charge < -0.3 is 9.47 Å². The van der Waals surface area contributed by atoms with Crippen molar-refractivity contribution in [1.82, 2.24) is 14.4 Å². The van der Waals surface area contributed by atoms with Gasteiger partial charge in [0.2, 0.25) is 0 Å². The van der Waals surface area contributed by atoms with E-state index in [0.29, 0.717) is 5.41 Å². The van der Waals surface area contributed by atoms with Gasteiger partial charge in [0, 0.05) is 45.1 Å². The molecule has 1 spiro atoms. The number of carbonyl (C=O) groups excluding carboxylic acids is 1. The van der Waals surface area contributed by atoms with Gasteiger partial charge in [0.05, 0.1) is 5.56 Å². The summed E-state index contributed by atoms with van der Waals surface area (Å²) < 4.78 is 2.10. The summed E-state index contributed by atoms with van der Waals surface area (Å²) in [6.45, 7) is 5.93. The smallest absolute Gasteiger partial charge is 0.255 e. The normalized spacial score (nSPS) is 18.5. The summed E-state index contributed by atoms with van der Waals surface area (Å²) in [6.07, 6.45) is 7.51. The van der Waals surface area contributed by atoms with Crippen LogP contribution in [0.4, 0.5) is 0 Å². The van der Waals surface area contributed by atoms with Crippen molar-refractivity contribution in [1.29, 1.82) is 0 Å². The SMILES string of the molecule is O=C(c1ccn(Cc2ccccc2)c1)N1CCC2(CCN(Cc3ccccc3)C2)CC1. The zero-order valence-corrected chi connectivity index (χ0v) is 18.1. The standard InChI is InChI=1S/C27H31N3O/c31-26(25-11-15-28(21-25)19-23-7-3-1-4-8-23)30-17-13-27(14-18-30)12-16-29(22-27)20-24-9-5-2-6-10-24/h1-11,15,21H,12-14,16-20,22H2. The van der Waals surface area contributed by atoms with E-state index in [2.05, 4.69) is 69.0 Å². The quantitative estimate of drug-likeness (QED) is 0.608. The van der Waals surface area contributed by atoms with E-state index in [0.717, 1.165) is 51.1 Å². The maximum absolute atomic E-state index is 13.1. The Morgan fingerprint density at radius 2 is 1.39 bits per heavy atom. The maximum Gasteiger partial charge on any atom is 0.255 e. The molecule has 2 saturated heterocycles. The van der Waals surface area contributed by atoms with Crippen molar-refractivity contribution in [2.75, 3.05) is 26.2 Å². The number of benzene rings is 2. The Hall–Kier alpha value is -2.85. The highest BCUT2D eigenvalue weighted by Crippen LogP contribution is 2.41. The van der Waals surface area contributed by atoms with E-state index in [1.165, 1.54) is 24.1 Å². The van der Waals surface area contributed by atoms with Crippen LogP contribution in [-0.4, -0.2) is 46.5 Å². The maximum atomic E-state index is 13.1. The van der Waals surface area contributed by atoms with Gasteiger partial charge in [0.25, 0.3) is 5.91 Å². The van der Waals surface area contributed by atoms with E-state index in [9.17, 15) is 4.79 Å². The Morgan fingerprint density at radius 3 is 2.06 bits per heavy atom. The molecule has 0 atom stereocenters. The first-order valence-electron chi connectivity index (χ1n) is 11.4. The predicted octanol–water partition coefficient (Wildman–Crippen LogP) is 4.66. The molecule has 3 aromatic rings. The van der Waals surface area contributed by atoms with Gasteiger partial charge in [-0.3, -0.25) is 9.69 Å². The van der Waals surface area contributed by atoms with Crippen LogP contribution in [0.25, 0.3) is 0 Å². The lowest BCUT2D eigenvalue weighted by Gasteiger charge is -2.39. The molecule has 3 heterocycles. The molecule has 1 amide bonds. The molecule has 160 valence electrons. The van der Waals surface area contributed by atoms with Crippen molar-refractivity contribution in [2.24, 2.45) is 5.41 Å². The van der Waals surface area contributed by atoms with Gasteiger partial charge in [-0.2, -0.15) is 0 Å². The van der Waals surface area contributed by atoms with Gasteiger partial charge in [0.15, 0.2) is 0 Å². The van der Waals surface area contributed by atoms with E-state index < -0.39 is 0 Å². The molecule has 0 bridgehead atoms. The average Bonchev–Trinajstić information content (AvgIpc) is 3.43. The van der Waals surface area contributed by atoms with Gasteiger partial charge in [0.1, 0.15) is 0 Å². The van der Waals surface area contributed by atoms with Crippen molar-refractivity contribution in [3.63, 3.8) is 0 Å². The van der Waals surface area contributed by atoms with Crippen LogP contribution in [-0.2, 0) is 13.1 Å². The van der Waals surface area contributed by atoms with Gasteiger partial charge in [-0.15, -0.1) is 0 Å². The molecule has 0 unspecified atom stereocenters. The highest BCUT2D eigenvalue weighted by atomic mass is 16.2. The minimum atomic E-state index is 0.181. The van der Waals surface area contributed by atoms with E-state index in [-0.39, 0.29) is 5.91 Å². The number of amides is 1. The summed E-state index contributed by atoms with van der Waals surface area (Å²) in [5.74, 6) is 0.181. The van der Waals surface area contributed by atoms with Gasteiger partial charge >= 0.3 is 0 Å². The zero-order chi connectivity index (χ0) is 21.1. The highest BCUT2D eigenvalue weighted by molar-refractivity contribution is 5.94. The zero-order valence-electron chi connectivity index (χ0n) is 18.1. The number of likely N-dealkylation sites (tertiary alicyclic amines) is 2. The summed E-state index contributed by atoms with van der Waals surface area (Å²) in [5, 5.41) is 0. The van der Waals surface area contributed by atoms with Gasteiger partial charge in [-0.1, -0.05) is 60.7 Å². The van der Waals surface area contributed by atoms with Crippen LogP contribution in [0.2, 0.25) is 0 Å². The lowest BCUT2D eigenvalue weighted by atomic mass is 9.77. The van der Waals surface area contributed by atoms with Crippen molar-refractivity contribution < 1.29 is 4.79 Å². The van der Waals surface area contributed by atoms with Gasteiger partial charge in [-0.25, -0.2) is 0 Å². The molecule has 4 nitrogen and oxygen atoms in total. The monoisotopic (exact) mass is 413 g/mol. The molecule has 0 aliphatic carbocycles. The number of nitrogens with zero attached hydrogens (tertiary/aromatic N) is 3. The van der Waals surface area contributed by atoms with E-state index in [1.807, 2.05) is 24.5 Å². The molecule has 0 radical (unpaired) electrons. The molecule has 2 aliphatic heterocycles.